The number of hydrogen-bond acceptors (Lipinski definition) is 5. The highest BCUT2D eigenvalue weighted by Crippen LogP contribution is 2.28. The van der Waals surface area contributed by atoms with Gasteiger partial charge < -0.3 is 4.90 Å². The highest BCUT2D eigenvalue weighted by atomic mass is 16.2. The van der Waals surface area contributed by atoms with Crippen LogP contribution in [0.25, 0.3) is 22.2 Å². The summed E-state index contributed by atoms with van der Waals surface area (Å²) in [7, 11) is 1.93. The number of para-hydroxylation sites is 1. The number of benzene rings is 1. The Morgan fingerprint density at radius 2 is 1.88 bits per heavy atom. The highest BCUT2D eigenvalue weighted by Gasteiger charge is 2.25. The molecule has 0 bridgehead atoms. The summed E-state index contributed by atoms with van der Waals surface area (Å²) in [4.78, 5) is 22.9. The maximum absolute atomic E-state index is 13.7. The van der Waals surface area contributed by atoms with Crippen molar-refractivity contribution in [2.75, 3.05) is 26.2 Å². The first-order chi connectivity index (χ1) is 16.0. The summed E-state index contributed by atoms with van der Waals surface area (Å²) in [6.07, 6.45) is 5.97. The first kappa shape index (κ1) is 21.3. The molecule has 1 fully saturated rings. The zero-order valence-corrected chi connectivity index (χ0v) is 19.4. The van der Waals surface area contributed by atoms with Gasteiger partial charge in [-0.3, -0.25) is 19.1 Å². The van der Waals surface area contributed by atoms with Crippen molar-refractivity contribution in [1.29, 1.82) is 0 Å². The molecular weight excluding hydrogens is 414 g/mol. The summed E-state index contributed by atoms with van der Waals surface area (Å²) < 4.78 is 3.73. The lowest BCUT2D eigenvalue weighted by atomic mass is 10.0. The lowest BCUT2D eigenvalue weighted by Gasteiger charge is -2.34. The molecule has 5 rings (SSSR count). The van der Waals surface area contributed by atoms with E-state index in [1.165, 1.54) is 5.56 Å². The summed E-state index contributed by atoms with van der Waals surface area (Å²) in [5, 5.41) is 9.71. The van der Waals surface area contributed by atoms with Crippen LogP contribution in [0.15, 0.2) is 48.9 Å². The van der Waals surface area contributed by atoms with Crippen molar-refractivity contribution >= 4 is 16.8 Å². The van der Waals surface area contributed by atoms with Gasteiger partial charge in [-0.1, -0.05) is 18.2 Å². The Hall–Kier alpha value is -3.52. The maximum Gasteiger partial charge on any atom is 0.254 e. The van der Waals surface area contributed by atoms with E-state index in [1.54, 1.807) is 0 Å². The molecule has 0 unspecified atom stereocenters. The molecule has 1 aromatic carbocycles. The number of pyridine rings is 1. The minimum atomic E-state index is 0.0661. The summed E-state index contributed by atoms with van der Waals surface area (Å²) in [5.74, 6) is 0.0661. The van der Waals surface area contributed by atoms with Crippen molar-refractivity contribution in [3.63, 3.8) is 0 Å². The molecule has 4 aromatic rings. The fraction of sp³-hybridized carbons (Fsp3) is 0.360. The van der Waals surface area contributed by atoms with Crippen molar-refractivity contribution in [3.05, 3.63) is 65.7 Å². The first-order valence-electron chi connectivity index (χ1n) is 11.4. The predicted octanol–water partition coefficient (Wildman–Crippen LogP) is 3.12. The smallest absolute Gasteiger partial charge is 0.254 e. The van der Waals surface area contributed by atoms with Gasteiger partial charge >= 0.3 is 0 Å². The Labute approximate surface area is 193 Å². The number of piperazine rings is 1. The molecule has 3 aromatic heterocycles. The van der Waals surface area contributed by atoms with Crippen LogP contribution in [-0.4, -0.2) is 66.4 Å². The molecule has 0 aliphatic carbocycles. The van der Waals surface area contributed by atoms with Crippen molar-refractivity contribution in [2.45, 2.75) is 26.9 Å². The molecule has 8 heteroatoms. The van der Waals surface area contributed by atoms with Crippen LogP contribution in [0.2, 0.25) is 0 Å². The molecule has 0 N–H and O–H groups in total. The Kier molecular flexibility index (Phi) is 5.68. The molecule has 0 saturated carbocycles. The number of aromatic nitrogens is 5. The van der Waals surface area contributed by atoms with E-state index in [-0.39, 0.29) is 5.91 Å². The molecule has 33 heavy (non-hydrogen) atoms. The molecule has 8 nitrogen and oxygen atoms in total. The Morgan fingerprint density at radius 1 is 1.09 bits per heavy atom. The molecular formula is C25H29N7O. The topological polar surface area (TPSA) is 72.1 Å². The molecule has 0 spiro atoms. The second kappa shape index (κ2) is 8.78. The van der Waals surface area contributed by atoms with Crippen LogP contribution < -0.4 is 0 Å². The summed E-state index contributed by atoms with van der Waals surface area (Å²) in [6.45, 7) is 8.81. The Balaban J connectivity index is 1.40. The van der Waals surface area contributed by atoms with Crippen LogP contribution in [0, 0.1) is 6.92 Å². The minimum Gasteiger partial charge on any atom is -0.336 e. The average Bonchev–Trinajstić information content (AvgIpc) is 3.43. The fourth-order valence-electron chi connectivity index (χ4n) is 4.51. The SMILES string of the molecule is CCn1cc(-c2cc(C(=O)N3CCN(Cc4cnn(C)c4)CC3)c3ccccc3n2)c(C)n1. The number of aryl methyl sites for hydroxylation is 3. The molecule has 1 saturated heterocycles. The monoisotopic (exact) mass is 443 g/mol. The number of carbonyl (C=O) groups excluding carboxylic acids is 1. The second-order valence-corrected chi connectivity index (χ2v) is 8.65. The van der Waals surface area contributed by atoms with Crippen LogP contribution in [0.5, 0.6) is 0 Å². The molecule has 1 amide bonds. The Morgan fingerprint density at radius 3 is 2.58 bits per heavy atom. The van der Waals surface area contributed by atoms with Gasteiger partial charge in [0.05, 0.1) is 28.7 Å². The zero-order valence-electron chi connectivity index (χ0n) is 19.4. The van der Waals surface area contributed by atoms with E-state index < -0.39 is 0 Å². The number of rotatable bonds is 5. The van der Waals surface area contributed by atoms with Crippen molar-refractivity contribution in [1.82, 2.24) is 34.3 Å². The lowest BCUT2D eigenvalue weighted by Crippen LogP contribution is -2.48. The van der Waals surface area contributed by atoms with Gasteiger partial charge in [-0.2, -0.15) is 10.2 Å². The van der Waals surface area contributed by atoms with Gasteiger partial charge in [0.2, 0.25) is 0 Å². The van der Waals surface area contributed by atoms with E-state index in [2.05, 4.69) is 22.0 Å². The summed E-state index contributed by atoms with van der Waals surface area (Å²) >= 11 is 0. The lowest BCUT2D eigenvalue weighted by molar-refractivity contribution is 0.0630. The van der Waals surface area contributed by atoms with Gasteiger partial charge in [-0.25, -0.2) is 4.98 Å². The van der Waals surface area contributed by atoms with Crippen molar-refractivity contribution in [3.8, 4) is 11.3 Å². The quantitative estimate of drug-likeness (QED) is 0.474. The first-order valence-corrected chi connectivity index (χ1v) is 11.4. The van der Waals surface area contributed by atoms with Gasteiger partial charge in [0.1, 0.15) is 0 Å². The molecule has 0 atom stereocenters. The van der Waals surface area contributed by atoms with E-state index in [0.717, 1.165) is 54.0 Å². The van der Waals surface area contributed by atoms with Crippen LogP contribution in [0.3, 0.4) is 0 Å². The summed E-state index contributed by atoms with van der Waals surface area (Å²) in [5.41, 5.74) is 5.42. The number of hydrogen-bond donors (Lipinski definition) is 0. The number of carbonyl (C=O) groups is 1. The molecule has 4 heterocycles. The third-order valence-electron chi connectivity index (χ3n) is 6.32. The fourth-order valence-corrected chi connectivity index (χ4v) is 4.51. The van der Waals surface area contributed by atoms with Crippen LogP contribution in [0.1, 0.15) is 28.5 Å². The van der Waals surface area contributed by atoms with E-state index in [9.17, 15) is 4.79 Å². The van der Waals surface area contributed by atoms with Crippen LogP contribution in [0.4, 0.5) is 0 Å². The highest BCUT2D eigenvalue weighted by molar-refractivity contribution is 6.07. The van der Waals surface area contributed by atoms with Crippen molar-refractivity contribution < 1.29 is 4.79 Å². The average molecular weight is 444 g/mol. The number of nitrogens with zero attached hydrogens (tertiary/aromatic N) is 7. The minimum absolute atomic E-state index is 0.0661. The van der Waals surface area contributed by atoms with Gasteiger partial charge in [0.25, 0.3) is 5.91 Å². The van der Waals surface area contributed by atoms with Gasteiger partial charge in [0, 0.05) is 75.2 Å². The van der Waals surface area contributed by atoms with Gasteiger partial charge in [-0.15, -0.1) is 0 Å². The zero-order chi connectivity index (χ0) is 22.9. The molecule has 1 aliphatic heterocycles. The van der Waals surface area contributed by atoms with E-state index in [0.29, 0.717) is 18.7 Å². The molecule has 0 radical (unpaired) electrons. The van der Waals surface area contributed by atoms with Crippen molar-refractivity contribution in [2.24, 2.45) is 7.05 Å². The van der Waals surface area contributed by atoms with Gasteiger partial charge in [-0.05, 0) is 26.0 Å². The standard InChI is InChI=1S/C25H29N7O/c1-4-32-17-22(18(2)28-32)24-13-21(20-7-5-6-8-23(20)27-24)25(33)31-11-9-30(10-12-31)16-19-14-26-29(3)15-19/h5-8,13-15,17H,4,9-12,16H2,1-3H3. The third kappa shape index (κ3) is 4.26. The normalized spacial score (nSPS) is 14.8. The van der Waals surface area contributed by atoms with Gasteiger partial charge in [0.15, 0.2) is 0 Å². The second-order valence-electron chi connectivity index (χ2n) is 8.65. The van der Waals surface area contributed by atoms with E-state index in [4.69, 9.17) is 4.98 Å². The van der Waals surface area contributed by atoms with Crippen LogP contribution in [-0.2, 0) is 20.1 Å². The maximum atomic E-state index is 13.7. The number of fused-ring (bicyclic) bond motifs is 1. The van der Waals surface area contributed by atoms with Crippen LogP contribution >= 0.6 is 0 Å². The molecule has 170 valence electrons. The third-order valence-corrected chi connectivity index (χ3v) is 6.32. The largest absolute Gasteiger partial charge is 0.336 e. The Bertz CT molecular complexity index is 1300. The number of amides is 1. The van der Waals surface area contributed by atoms with E-state index in [1.807, 2.05) is 77.2 Å². The predicted molar refractivity (Wildman–Crippen MR) is 128 cm³/mol. The summed E-state index contributed by atoms with van der Waals surface area (Å²) in [6, 6.07) is 9.83. The molecule has 1 aliphatic rings. The van der Waals surface area contributed by atoms with E-state index >= 15 is 0 Å².